The van der Waals surface area contributed by atoms with Crippen molar-refractivity contribution in [3.05, 3.63) is 48.0 Å². The molecule has 1 aromatic heterocycles. The quantitative estimate of drug-likeness (QED) is 0.549. The Hall–Kier alpha value is -3.48. The Balaban J connectivity index is 2.21. The molecule has 0 fully saturated rings. The lowest BCUT2D eigenvalue weighted by atomic mass is 10.0. The van der Waals surface area contributed by atoms with Crippen LogP contribution in [-0.2, 0) is 6.54 Å². The molecule has 1 heterocycles. The zero-order valence-corrected chi connectivity index (χ0v) is 17.6. The van der Waals surface area contributed by atoms with Gasteiger partial charge in [-0.05, 0) is 42.8 Å². The molecule has 30 heavy (non-hydrogen) atoms. The molecule has 0 aliphatic rings. The lowest BCUT2D eigenvalue weighted by Crippen LogP contribution is -2.04. The molecular weight excluding hydrogens is 384 g/mol. The van der Waals surface area contributed by atoms with Gasteiger partial charge in [0.2, 0.25) is 0 Å². The number of carboxylic acids is 1. The molecular formula is C23H26N2O5. The van der Waals surface area contributed by atoms with E-state index in [-0.39, 0.29) is 5.56 Å². The first-order chi connectivity index (χ1) is 14.5. The fourth-order valence-corrected chi connectivity index (χ4v) is 3.37. The van der Waals surface area contributed by atoms with Crippen LogP contribution < -0.4 is 14.2 Å². The van der Waals surface area contributed by atoms with E-state index >= 15 is 0 Å². The van der Waals surface area contributed by atoms with Crippen LogP contribution in [0.3, 0.4) is 0 Å². The summed E-state index contributed by atoms with van der Waals surface area (Å²) in [7, 11) is 4.76. The van der Waals surface area contributed by atoms with Crippen LogP contribution in [0.4, 0.5) is 0 Å². The number of aryl methyl sites for hydroxylation is 1. The number of aromatic carboxylic acids is 1. The summed E-state index contributed by atoms with van der Waals surface area (Å²) in [6, 6.07) is 12.4. The Morgan fingerprint density at radius 2 is 1.77 bits per heavy atom. The SMILES string of the molecule is CCCCn1nc(-c2cc(C(=O)O)ccc2OC)cc1-c1cccc(OC)c1OC. The van der Waals surface area contributed by atoms with E-state index in [9.17, 15) is 9.90 Å². The van der Waals surface area contributed by atoms with Crippen molar-refractivity contribution in [1.29, 1.82) is 0 Å². The summed E-state index contributed by atoms with van der Waals surface area (Å²) >= 11 is 0. The molecule has 0 amide bonds. The van der Waals surface area contributed by atoms with E-state index in [4.69, 9.17) is 19.3 Å². The highest BCUT2D eigenvalue weighted by atomic mass is 16.5. The minimum Gasteiger partial charge on any atom is -0.496 e. The second-order valence-corrected chi connectivity index (χ2v) is 6.75. The Morgan fingerprint density at radius 3 is 2.40 bits per heavy atom. The maximum Gasteiger partial charge on any atom is 0.335 e. The third kappa shape index (κ3) is 4.10. The number of carbonyl (C=O) groups is 1. The van der Waals surface area contributed by atoms with E-state index in [1.54, 1.807) is 33.5 Å². The molecule has 3 rings (SSSR count). The zero-order chi connectivity index (χ0) is 21.7. The average molecular weight is 410 g/mol. The van der Waals surface area contributed by atoms with Crippen molar-refractivity contribution in [3.8, 4) is 39.8 Å². The van der Waals surface area contributed by atoms with Crippen molar-refractivity contribution in [2.24, 2.45) is 0 Å². The highest BCUT2D eigenvalue weighted by Gasteiger charge is 2.20. The fraction of sp³-hybridized carbons (Fsp3) is 0.304. The Kier molecular flexibility index (Phi) is 6.61. The highest BCUT2D eigenvalue weighted by Crippen LogP contribution is 2.40. The van der Waals surface area contributed by atoms with Crippen LogP contribution in [0.5, 0.6) is 17.2 Å². The van der Waals surface area contributed by atoms with E-state index in [0.717, 1.165) is 24.1 Å². The molecule has 3 aromatic rings. The van der Waals surface area contributed by atoms with Gasteiger partial charge in [-0.15, -0.1) is 0 Å². The molecule has 7 nitrogen and oxygen atoms in total. The Morgan fingerprint density at radius 1 is 1.00 bits per heavy atom. The second-order valence-electron chi connectivity index (χ2n) is 6.75. The van der Waals surface area contributed by atoms with Crippen LogP contribution in [0, 0.1) is 0 Å². The van der Waals surface area contributed by atoms with Gasteiger partial charge in [0.15, 0.2) is 11.5 Å². The van der Waals surface area contributed by atoms with E-state index in [1.165, 1.54) is 6.07 Å². The van der Waals surface area contributed by atoms with Crippen molar-refractivity contribution >= 4 is 5.97 Å². The number of hydrogen-bond acceptors (Lipinski definition) is 5. The van der Waals surface area contributed by atoms with Crippen molar-refractivity contribution in [2.45, 2.75) is 26.3 Å². The van der Waals surface area contributed by atoms with Crippen LogP contribution in [-0.4, -0.2) is 42.2 Å². The van der Waals surface area contributed by atoms with Gasteiger partial charge in [0.25, 0.3) is 0 Å². The molecule has 2 aromatic carbocycles. The van der Waals surface area contributed by atoms with Gasteiger partial charge in [0.05, 0.1) is 38.3 Å². The number of hydrogen-bond donors (Lipinski definition) is 1. The van der Waals surface area contributed by atoms with Gasteiger partial charge in [0, 0.05) is 17.7 Å². The maximum atomic E-state index is 11.5. The standard InChI is InChI=1S/C23H26N2O5/c1-5-6-12-25-19(16-8-7-9-21(29-3)22(16)30-4)14-18(24-25)17-13-15(23(26)27)10-11-20(17)28-2/h7-11,13-14H,5-6,12H2,1-4H3,(H,26,27). The summed E-state index contributed by atoms with van der Waals surface area (Å²) in [4.78, 5) is 11.5. The van der Waals surface area contributed by atoms with Crippen LogP contribution >= 0.6 is 0 Å². The van der Waals surface area contributed by atoms with Crippen LogP contribution in [0.2, 0.25) is 0 Å². The van der Waals surface area contributed by atoms with Crippen LogP contribution in [0.25, 0.3) is 22.5 Å². The summed E-state index contributed by atoms with van der Waals surface area (Å²) in [5.74, 6) is 0.809. The van der Waals surface area contributed by atoms with Gasteiger partial charge in [-0.3, -0.25) is 4.68 Å². The monoisotopic (exact) mass is 410 g/mol. The van der Waals surface area contributed by atoms with Gasteiger partial charge in [-0.2, -0.15) is 5.10 Å². The van der Waals surface area contributed by atoms with Gasteiger partial charge in [-0.1, -0.05) is 19.4 Å². The van der Waals surface area contributed by atoms with Crippen molar-refractivity contribution in [2.75, 3.05) is 21.3 Å². The summed E-state index contributed by atoms with van der Waals surface area (Å²) in [6.07, 6.45) is 1.97. The predicted molar refractivity (Wildman–Crippen MR) is 115 cm³/mol. The lowest BCUT2D eigenvalue weighted by molar-refractivity contribution is 0.0697. The molecule has 0 spiro atoms. The summed E-state index contributed by atoms with van der Waals surface area (Å²) in [5, 5.41) is 14.2. The molecule has 1 N–H and O–H groups in total. The number of para-hydroxylation sites is 1. The number of aromatic nitrogens is 2. The second kappa shape index (κ2) is 9.35. The van der Waals surface area contributed by atoms with Gasteiger partial charge in [-0.25, -0.2) is 4.79 Å². The van der Waals surface area contributed by atoms with Crippen molar-refractivity contribution in [1.82, 2.24) is 9.78 Å². The number of carboxylic acid groups (broad SMARTS) is 1. The molecule has 7 heteroatoms. The smallest absolute Gasteiger partial charge is 0.335 e. The molecule has 0 aliphatic carbocycles. The van der Waals surface area contributed by atoms with Crippen LogP contribution in [0.1, 0.15) is 30.1 Å². The van der Waals surface area contributed by atoms with E-state index in [0.29, 0.717) is 35.1 Å². The predicted octanol–water partition coefficient (Wildman–Crippen LogP) is 4.74. The first-order valence-corrected chi connectivity index (χ1v) is 9.74. The zero-order valence-electron chi connectivity index (χ0n) is 17.6. The normalized spacial score (nSPS) is 10.7. The lowest BCUT2D eigenvalue weighted by Gasteiger charge is -2.13. The van der Waals surface area contributed by atoms with Crippen LogP contribution in [0.15, 0.2) is 42.5 Å². The van der Waals surface area contributed by atoms with E-state index in [2.05, 4.69) is 6.92 Å². The summed E-state index contributed by atoms with van der Waals surface area (Å²) in [5.41, 5.74) is 3.13. The third-order valence-corrected chi connectivity index (χ3v) is 4.90. The highest BCUT2D eigenvalue weighted by molar-refractivity contribution is 5.90. The Labute approximate surface area is 175 Å². The van der Waals surface area contributed by atoms with E-state index < -0.39 is 5.97 Å². The largest absolute Gasteiger partial charge is 0.496 e. The summed E-state index contributed by atoms with van der Waals surface area (Å²) in [6.45, 7) is 2.84. The number of unbranched alkanes of at least 4 members (excludes halogenated alkanes) is 1. The molecule has 0 atom stereocenters. The topological polar surface area (TPSA) is 82.8 Å². The number of nitrogens with zero attached hydrogens (tertiary/aromatic N) is 2. The molecule has 0 saturated carbocycles. The minimum absolute atomic E-state index is 0.175. The van der Waals surface area contributed by atoms with Crippen molar-refractivity contribution in [3.63, 3.8) is 0 Å². The molecule has 0 unspecified atom stereocenters. The van der Waals surface area contributed by atoms with Crippen molar-refractivity contribution < 1.29 is 24.1 Å². The number of rotatable bonds is 9. The third-order valence-electron chi connectivity index (χ3n) is 4.90. The molecule has 0 radical (unpaired) electrons. The molecule has 0 bridgehead atoms. The molecule has 0 saturated heterocycles. The fourth-order valence-electron chi connectivity index (χ4n) is 3.37. The van der Waals surface area contributed by atoms with Gasteiger partial charge in [0.1, 0.15) is 5.75 Å². The molecule has 158 valence electrons. The number of methoxy groups -OCH3 is 3. The maximum absolute atomic E-state index is 11.5. The average Bonchev–Trinajstić information content (AvgIpc) is 3.20. The minimum atomic E-state index is -1.00. The Bertz CT molecular complexity index is 1040. The first kappa shape index (κ1) is 21.2. The molecule has 0 aliphatic heterocycles. The number of ether oxygens (including phenoxy) is 3. The first-order valence-electron chi connectivity index (χ1n) is 9.74. The van der Waals surface area contributed by atoms with Gasteiger partial charge >= 0.3 is 5.97 Å². The van der Waals surface area contributed by atoms with E-state index in [1.807, 2.05) is 28.9 Å². The number of benzene rings is 2. The summed E-state index contributed by atoms with van der Waals surface area (Å²) < 4.78 is 18.5. The van der Waals surface area contributed by atoms with Gasteiger partial charge < -0.3 is 19.3 Å².